The Hall–Kier alpha value is -0.890. The van der Waals surface area contributed by atoms with Crippen LogP contribution in [-0.2, 0) is 21.8 Å². The third-order valence-electron chi connectivity index (χ3n) is 2.80. The quantitative estimate of drug-likeness (QED) is 0.788. The lowest BCUT2D eigenvalue weighted by Crippen LogP contribution is -2.50. The van der Waals surface area contributed by atoms with E-state index in [0.29, 0.717) is 6.61 Å². The molecule has 1 atom stereocenters. The number of hydrogen-bond donors (Lipinski definition) is 1. The molecule has 96 valence electrons. The van der Waals surface area contributed by atoms with Crippen molar-refractivity contribution in [1.82, 2.24) is 8.87 Å². The van der Waals surface area contributed by atoms with Gasteiger partial charge in [-0.2, -0.15) is 4.31 Å². The fraction of sp³-hybridized carbons (Fsp3) is 0.600. The number of sulfonamides is 1. The summed E-state index contributed by atoms with van der Waals surface area (Å²) in [4.78, 5) is 0.250. The van der Waals surface area contributed by atoms with Gasteiger partial charge in [0.1, 0.15) is 0 Å². The van der Waals surface area contributed by atoms with Gasteiger partial charge in [0.05, 0.1) is 30.8 Å². The van der Waals surface area contributed by atoms with E-state index in [1.165, 1.54) is 4.31 Å². The van der Waals surface area contributed by atoms with Gasteiger partial charge < -0.3 is 14.4 Å². The Morgan fingerprint density at radius 1 is 1.59 bits per heavy atom. The van der Waals surface area contributed by atoms with Crippen LogP contribution in [0.1, 0.15) is 0 Å². The molecule has 7 heteroatoms. The molecule has 1 aromatic heterocycles. The lowest BCUT2D eigenvalue weighted by Gasteiger charge is -2.33. The first-order valence-electron chi connectivity index (χ1n) is 5.38. The highest BCUT2D eigenvalue weighted by Crippen LogP contribution is 2.20. The summed E-state index contributed by atoms with van der Waals surface area (Å²) in [6.07, 6.45) is 3.24. The molecule has 0 radical (unpaired) electrons. The highest BCUT2D eigenvalue weighted by atomic mass is 32.2. The normalized spacial score (nSPS) is 22.8. The van der Waals surface area contributed by atoms with Gasteiger partial charge in [0.2, 0.25) is 10.0 Å². The number of morpholine rings is 1. The van der Waals surface area contributed by atoms with E-state index in [1.54, 1.807) is 30.1 Å². The third-order valence-corrected chi connectivity index (χ3v) is 4.73. The molecular formula is C10H16N2O4S. The van der Waals surface area contributed by atoms with Crippen LogP contribution in [0.3, 0.4) is 0 Å². The predicted octanol–water partition coefficient (Wildman–Crippen LogP) is -0.593. The standard InChI is InChI=1S/C10H16N2O4S/c1-11-3-2-10(6-11)17(14,15)12-4-5-16-8-9(12)7-13/h2-3,6,9,13H,4-5,7-8H2,1H3. The SMILES string of the molecule is Cn1ccc(S(=O)(=O)N2CCOCC2CO)c1. The van der Waals surface area contributed by atoms with Crippen molar-refractivity contribution in [2.24, 2.45) is 7.05 Å². The molecule has 17 heavy (non-hydrogen) atoms. The van der Waals surface area contributed by atoms with Crippen molar-refractivity contribution >= 4 is 10.0 Å². The van der Waals surface area contributed by atoms with Crippen LogP contribution in [-0.4, -0.2) is 54.8 Å². The van der Waals surface area contributed by atoms with Crippen LogP contribution < -0.4 is 0 Å². The topological polar surface area (TPSA) is 71.8 Å². The summed E-state index contributed by atoms with van der Waals surface area (Å²) in [5, 5.41) is 9.19. The number of rotatable bonds is 3. The molecule has 0 spiro atoms. The molecule has 1 aromatic rings. The first kappa shape index (κ1) is 12.6. The molecule has 1 saturated heterocycles. The zero-order valence-electron chi connectivity index (χ0n) is 9.61. The van der Waals surface area contributed by atoms with E-state index in [9.17, 15) is 13.5 Å². The highest BCUT2D eigenvalue weighted by Gasteiger charge is 2.33. The van der Waals surface area contributed by atoms with E-state index in [-0.39, 0.29) is 24.7 Å². The number of aliphatic hydroxyl groups excluding tert-OH is 1. The molecular weight excluding hydrogens is 244 g/mol. The number of ether oxygens (including phenoxy) is 1. The van der Waals surface area contributed by atoms with Gasteiger partial charge in [-0.25, -0.2) is 8.42 Å². The van der Waals surface area contributed by atoms with Gasteiger partial charge in [-0.1, -0.05) is 0 Å². The summed E-state index contributed by atoms with van der Waals surface area (Å²) in [6.45, 7) is 0.652. The maximum atomic E-state index is 12.3. The van der Waals surface area contributed by atoms with Crippen molar-refractivity contribution < 1.29 is 18.3 Å². The second-order valence-corrected chi connectivity index (χ2v) is 5.93. The molecule has 6 nitrogen and oxygen atoms in total. The largest absolute Gasteiger partial charge is 0.395 e. The highest BCUT2D eigenvalue weighted by molar-refractivity contribution is 7.89. The number of aryl methyl sites for hydroxylation is 1. The second-order valence-electron chi connectivity index (χ2n) is 4.04. The van der Waals surface area contributed by atoms with Crippen LogP contribution in [0.25, 0.3) is 0 Å². The number of aliphatic hydroxyl groups is 1. The minimum Gasteiger partial charge on any atom is -0.395 e. The Morgan fingerprint density at radius 2 is 2.35 bits per heavy atom. The molecule has 2 heterocycles. The Balaban J connectivity index is 2.30. The molecule has 1 N–H and O–H groups in total. The van der Waals surface area contributed by atoms with Crippen molar-refractivity contribution in [2.75, 3.05) is 26.4 Å². The van der Waals surface area contributed by atoms with Gasteiger partial charge in [-0.15, -0.1) is 0 Å². The van der Waals surface area contributed by atoms with Crippen molar-refractivity contribution in [3.05, 3.63) is 18.5 Å². The summed E-state index contributed by atoms with van der Waals surface area (Å²) in [7, 11) is -1.76. The van der Waals surface area contributed by atoms with E-state index in [4.69, 9.17) is 4.74 Å². The van der Waals surface area contributed by atoms with E-state index >= 15 is 0 Å². The average molecular weight is 260 g/mol. The van der Waals surface area contributed by atoms with Gasteiger partial charge in [-0.05, 0) is 6.07 Å². The molecule has 1 fully saturated rings. The smallest absolute Gasteiger partial charge is 0.245 e. The minimum absolute atomic E-state index is 0.230. The Morgan fingerprint density at radius 3 is 2.94 bits per heavy atom. The van der Waals surface area contributed by atoms with Crippen molar-refractivity contribution in [2.45, 2.75) is 10.9 Å². The Kier molecular flexibility index (Phi) is 3.53. The van der Waals surface area contributed by atoms with Gasteiger partial charge in [0.15, 0.2) is 0 Å². The molecule has 0 aliphatic carbocycles. The zero-order chi connectivity index (χ0) is 12.5. The third kappa shape index (κ3) is 2.37. The number of hydrogen-bond acceptors (Lipinski definition) is 4. The monoisotopic (exact) mass is 260 g/mol. The summed E-state index contributed by atoms with van der Waals surface area (Å²) in [5.74, 6) is 0. The summed E-state index contributed by atoms with van der Waals surface area (Å²) in [5.41, 5.74) is 0. The molecule has 1 unspecified atom stereocenters. The van der Waals surface area contributed by atoms with Crippen LogP contribution in [0.4, 0.5) is 0 Å². The second kappa shape index (κ2) is 4.77. The van der Waals surface area contributed by atoms with Crippen LogP contribution in [0.15, 0.2) is 23.4 Å². The number of aromatic nitrogens is 1. The van der Waals surface area contributed by atoms with Gasteiger partial charge >= 0.3 is 0 Å². The van der Waals surface area contributed by atoms with E-state index < -0.39 is 16.1 Å². The average Bonchev–Trinajstić information content (AvgIpc) is 2.76. The van der Waals surface area contributed by atoms with E-state index in [1.807, 2.05) is 0 Å². The maximum absolute atomic E-state index is 12.3. The van der Waals surface area contributed by atoms with Gasteiger partial charge in [0, 0.05) is 26.0 Å². The molecule has 0 saturated carbocycles. The first-order chi connectivity index (χ1) is 8.05. The Labute approximate surface area is 100 Å². The lowest BCUT2D eigenvalue weighted by atomic mass is 10.3. The van der Waals surface area contributed by atoms with E-state index in [2.05, 4.69) is 0 Å². The summed E-state index contributed by atoms with van der Waals surface area (Å²) < 4.78 is 32.8. The maximum Gasteiger partial charge on any atom is 0.245 e. The van der Waals surface area contributed by atoms with Crippen LogP contribution in [0.2, 0.25) is 0 Å². The van der Waals surface area contributed by atoms with Crippen molar-refractivity contribution in [3.8, 4) is 0 Å². The van der Waals surface area contributed by atoms with Crippen molar-refractivity contribution in [1.29, 1.82) is 0 Å². The molecule has 1 aliphatic rings. The van der Waals surface area contributed by atoms with Crippen LogP contribution in [0, 0.1) is 0 Å². The molecule has 0 bridgehead atoms. The first-order valence-corrected chi connectivity index (χ1v) is 6.82. The van der Waals surface area contributed by atoms with Crippen LogP contribution in [0.5, 0.6) is 0 Å². The zero-order valence-corrected chi connectivity index (χ0v) is 10.4. The number of nitrogens with zero attached hydrogens (tertiary/aromatic N) is 2. The Bertz CT molecular complexity index is 482. The van der Waals surface area contributed by atoms with Crippen LogP contribution >= 0.6 is 0 Å². The van der Waals surface area contributed by atoms with Gasteiger partial charge in [0.25, 0.3) is 0 Å². The molecule has 1 aliphatic heterocycles. The minimum atomic E-state index is -3.53. The lowest BCUT2D eigenvalue weighted by molar-refractivity contribution is 0.0109. The fourth-order valence-corrected chi connectivity index (χ4v) is 3.50. The van der Waals surface area contributed by atoms with Gasteiger partial charge in [-0.3, -0.25) is 0 Å². The van der Waals surface area contributed by atoms with E-state index in [0.717, 1.165) is 0 Å². The molecule has 0 aromatic carbocycles. The predicted molar refractivity (Wildman–Crippen MR) is 61.0 cm³/mol. The molecule has 2 rings (SSSR count). The molecule has 0 amide bonds. The fourth-order valence-electron chi connectivity index (χ4n) is 1.87. The summed E-state index contributed by atoms with van der Waals surface area (Å²) >= 11 is 0. The van der Waals surface area contributed by atoms with Crippen molar-refractivity contribution in [3.63, 3.8) is 0 Å². The summed E-state index contributed by atoms with van der Waals surface area (Å²) in [6, 6.07) is 1.06.